The molecule has 1 aromatic carbocycles. The first-order chi connectivity index (χ1) is 12.8. The van der Waals surface area contributed by atoms with Crippen LogP contribution in [0.3, 0.4) is 0 Å². The Hall–Kier alpha value is -2.57. The molecule has 0 aliphatic heterocycles. The molecular formula is C20H30FN5O. The number of nitrogens with one attached hydrogen (secondary N) is 4. The molecule has 1 aromatic heterocycles. The van der Waals surface area contributed by atoms with Crippen LogP contribution in [0.1, 0.15) is 33.3 Å². The smallest absolute Gasteiger partial charge is 0.225 e. The minimum atomic E-state index is -0.391. The number of hydrogen-bond acceptors (Lipinski definition) is 2. The second kappa shape index (κ2) is 9.39. The molecule has 0 aliphatic carbocycles. The van der Waals surface area contributed by atoms with Gasteiger partial charge >= 0.3 is 0 Å². The average Bonchev–Trinajstić information content (AvgIpc) is 2.99. The SMILES string of the molecule is CCNC(=NCCc1c[nH]c2ccc(F)cc12)NCCNC(=O)C(C)(C)C. The Balaban J connectivity index is 1.85. The number of aliphatic imine (C=N–C) groups is 1. The van der Waals surface area contributed by atoms with Crippen LogP contribution >= 0.6 is 0 Å². The first-order valence-electron chi connectivity index (χ1n) is 9.37. The maximum absolute atomic E-state index is 13.5. The highest BCUT2D eigenvalue weighted by atomic mass is 19.1. The van der Waals surface area contributed by atoms with Crippen LogP contribution in [0.5, 0.6) is 0 Å². The van der Waals surface area contributed by atoms with Gasteiger partial charge in [0.05, 0.1) is 0 Å². The first-order valence-corrected chi connectivity index (χ1v) is 9.37. The van der Waals surface area contributed by atoms with E-state index in [0.717, 1.165) is 23.0 Å². The number of carbonyl (C=O) groups excluding carboxylic acids is 1. The summed E-state index contributed by atoms with van der Waals surface area (Å²) in [4.78, 5) is 19.6. The molecule has 0 saturated carbocycles. The monoisotopic (exact) mass is 375 g/mol. The van der Waals surface area contributed by atoms with Crippen molar-refractivity contribution in [2.24, 2.45) is 10.4 Å². The van der Waals surface area contributed by atoms with Crippen LogP contribution < -0.4 is 16.0 Å². The highest BCUT2D eigenvalue weighted by Crippen LogP contribution is 2.19. The van der Waals surface area contributed by atoms with Gasteiger partial charge in [-0.1, -0.05) is 20.8 Å². The molecule has 0 radical (unpaired) electrons. The van der Waals surface area contributed by atoms with E-state index in [9.17, 15) is 9.18 Å². The Labute approximate surface area is 160 Å². The summed E-state index contributed by atoms with van der Waals surface area (Å²) in [5, 5.41) is 10.2. The summed E-state index contributed by atoms with van der Waals surface area (Å²) in [6.07, 6.45) is 2.61. The van der Waals surface area contributed by atoms with Gasteiger partial charge in [0, 0.05) is 48.7 Å². The lowest BCUT2D eigenvalue weighted by Crippen LogP contribution is -2.43. The number of H-pyrrole nitrogens is 1. The number of rotatable bonds is 7. The number of guanidine groups is 1. The van der Waals surface area contributed by atoms with Gasteiger partial charge in [0.15, 0.2) is 5.96 Å². The van der Waals surface area contributed by atoms with Crippen molar-refractivity contribution in [3.8, 4) is 0 Å². The van der Waals surface area contributed by atoms with E-state index in [1.807, 2.05) is 33.9 Å². The van der Waals surface area contributed by atoms with E-state index in [1.165, 1.54) is 6.07 Å². The minimum Gasteiger partial charge on any atom is -0.361 e. The van der Waals surface area contributed by atoms with Crippen molar-refractivity contribution in [2.45, 2.75) is 34.1 Å². The fourth-order valence-corrected chi connectivity index (χ4v) is 2.61. The van der Waals surface area contributed by atoms with Crippen molar-refractivity contribution in [1.29, 1.82) is 0 Å². The number of benzene rings is 1. The summed E-state index contributed by atoms with van der Waals surface area (Å²) >= 11 is 0. The number of aromatic amines is 1. The molecule has 0 bridgehead atoms. The van der Waals surface area contributed by atoms with Gasteiger partial charge in [-0.3, -0.25) is 9.79 Å². The summed E-state index contributed by atoms with van der Waals surface area (Å²) in [5.74, 6) is 0.491. The van der Waals surface area contributed by atoms with Crippen LogP contribution in [0.25, 0.3) is 10.9 Å². The van der Waals surface area contributed by atoms with Gasteiger partial charge in [0.2, 0.25) is 5.91 Å². The number of halogens is 1. The summed E-state index contributed by atoms with van der Waals surface area (Å²) in [6, 6.07) is 4.74. The fourth-order valence-electron chi connectivity index (χ4n) is 2.61. The van der Waals surface area contributed by atoms with Gasteiger partial charge in [0.25, 0.3) is 0 Å². The van der Waals surface area contributed by atoms with Gasteiger partial charge < -0.3 is 20.9 Å². The van der Waals surface area contributed by atoms with Crippen LogP contribution in [-0.2, 0) is 11.2 Å². The third-order valence-electron chi connectivity index (χ3n) is 4.11. The molecule has 148 valence electrons. The number of fused-ring (bicyclic) bond motifs is 1. The average molecular weight is 375 g/mol. The van der Waals surface area contributed by atoms with Crippen molar-refractivity contribution in [3.63, 3.8) is 0 Å². The standard InChI is InChI=1S/C20H30FN5O/c1-5-22-19(25-11-10-23-18(27)20(2,3)4)24-9-8-14-13-26-17-7-6-15(21)12-16(14)17/h6-7,12-13,26H,5,8-11H2,1-4H3,(H,23,27)(H2,22,24,25). The summed E-state index contributed by atoms with van der Waals surface area (Å²) < 4.78 is 13.5. The van der Waals surface area contributed by atoms with E-state index in [4.69, 9.17) is 0 Å². The molecule has 1 heterocycles. The van der Waals surface area contributed by atoms with E-state index in [0.29, 0.717) is 32.0 Å². The highest BCUT2D eigenvalue weighted by molar-refractivity contribution is 5.83. The normalized spacial score (nSPS) is 12.3. The summed E-state index contributed by atoms with van der Waals surface area (Å²) in [6.45, 7) is 10.1. The van der Waals surface area contributed by atoms with E-state index in [1.54, 1.807) is 12.1 Å². The molecule has 0 fully saturated rings. The zero-order valence-electron chi connectivity index (χ0n) is 16.6. The lowest BCUT2D eigenvalue weighted by Gasteiger charge is -2.18. The van der Waals surface area contributed by atoms with E-state index < -0.39 is 5.41 Å². The maximum Gasteiger partial charge on any atom is 0.225 e. The highest BCUT2D eigenvalue weighted by Gasteiger charge is 2.20. The molecule has 1 amide bonds. The van der Waals surface area contributed by atoms with Crippen LogP contribution in [-0.4, -0.2) is 43.0 Å². The maximum atomic E-state index is 13.5. The molecule has 4 N–H and O–H groups in total. The molecular weight excluding hydrogens is 345 g/mol. The van der Waals surface area contributed by atoms with Gasteiger partial charge in [-0.05, 0) is 37.1 Å². The van der Waals surface area contributed by atoms with Crippen LogP contribution in [0.2, 0.25) is 0 Å². The topological polar surface area (TPSA) is 81.3 Å². The van der Waals surface area contributed by atoms with Gasteiger partial charge in [-0.2, -0.15) is 0 Å². The Bertz CT molecular complexity index is 791. The molecule has 27 heavy (non-hydrogen) atoms. The quantitative estimate of drug-likeness (QED) is 0.341. The van der Waals surface area contributed by atoms with Gasteiger partial charge in [0.1, 0.15) is 5.82 Å². The molecule has 2 aromatic rings. The van der Waals surface area contributed by atoms with Crippen LogP contribution in [0, 0.1) is 11.2 Å². The zero-order chi connectivity index (χ0) is 19.9. The van der Waals surface area contributed by atoms with Crippen molar-refractivity contribution in [3.05, 3.63) is 35.8 Å². The van der Waals surface area contributed by atoms with E-state index in [-0.39, 0.29) is 11.7 Å². The molecule has 0 spiro atoms. The van der Waals surface area contributed by atoms with Gasteiger partial charge in [-0.15, -0.1) is 0 Å². The Morgan fingerprint density at radius 2 is 1.93 bits per heavy atom. The number of carbonyl (C=O) groups is 1. The number of hydrogen-bond donors (Lipinski definition) is 4. The largest absolute Gasteiger partial charge is 0.361 e. The number of nitrogens with zero attached hydrogens (tertiary/aromatic N) is 1. The van der Waals surface area contributed by atoms with Crippen LogP contribution in [0.4, 0.5) is 4.39 Å². The van der Waals surface area contributed by atoms with Gasteiger partial charge in [-0.25, -0.2) is 4.39 Å². The van der Waals surface area contributed by atoms with E-state index in [2.05, 4.69) is 25.9 Å². The molecule has 0 unspecified atom stereocenters. The first kappa shape index (κ1) is 20.7. The lowest BCUT2D eigenvalue weighted by atomic mass is 9.96. The summed E-state index contributed by atoms with van der Waals surface area (Å²) in [5.41, 5.74) is 1.58. The third-order valence-corrected chi connectivity index (χ3v) is 4.11. The molecule has 7 heteroatoms. The van der Waals surface area contributed by atoms with Crippen LogP contribution in [0.15, 0.2) is 29.4 Å². The molecule has 0 aliphatic rings. The molecule has 2 rings (SSSR count). The Kier molecular flexibility index (Phi) is 7.21. The van der Waals surface area contributed by atoms with E-state index >= 15 is 0 Å². The van der Waals surface area contributed by atoms with Crippen molar-refractivity contribution in [1.82, 2.24) is 20.9 Å². The fraction of sp³-hybridized carbons (Fsp3) is 0.500. The zero-order valence-corrected chi connectivity index (χ0v) is 16.6. The summed E-state index contributed by atoms with van der Waals surface area (Å²) in [7, 11) is 0. The molecule has 6 nitrogen and oxygen atoms in total. The second-order valence-electron chi connectivity index (χ2n) is 7.45. The van der Waals surface area contributed by atoms with Crippen molar-refractivity contribution >= 4 is 22.8 Å². The van der Waals surface area contributed by atoms with Crippen molar-refractivity contribution < 1.29 is 9.18 Å². The Morgan fingerprint density at radius 3 is 2.63 bits per heavy atom. The predicted octanol–water partition coefficient (Wildman–Crippen LogP) is 2.57. The third kappa shape index (κ3) is 6.27. The molecule has 0 saturated heterocycles. The lowest BCUT2D eigenvalue weighted by molar-refractivity contribution is -0.128. The Morgan fingerprint density at radius 1 is 1.19 bits per heavy atom. The number of aromatic nitrogens is 1. The second-order valence-corrected chi connectivity index (χ2v) is 7.45. The molecule has 0 atom stereocenters. The number of amides is 1. The van der Waals surface area contributed by atoms with Crippen molar-refractivity contribution in [2.75, 3.05) is 26.2 Å². The predicted molar refractivity (Wildman–Crippen MR) is 108 cm³/mol. The minimum absolute atomic E-state index is 0.0257.